The molecule has 6 heteroatoms. The summed E-state index contributed by atoms with van der Waals surface area (Å²) in [5, 5.41) is 12.0. The molecule has 124 valence electrons. The lowest BCUT2D eigenvalue weighted by atomic mass is 10.1. The Morgan fingerprint density at radius 2 is 1.65 bits per heavy atom. The molecule has 0 spiro atoms. The summed E-state index contributed by atoms with van der Waals surface area (Å²) in [5.41, 5.74) is 1.05. The Labute approximate surface area is 132 Å². The number of para-hydroxylation sites is 1. The van der Waals surface area contributed by atoms with E-state index in [4.69, 9.17) is 9.84 Å². The Morgan fingerprint density at radius 3 is 2.30 bits per heavy atom. The van der Waals surface area contributed by atoms with Crippen molar-refractivity contribution in [2.24, 2.45) is 0 Å². The molecule has 0 heterocycles. The largest absolute Gasteiger partial charge is 0.491 e. The Balaban J connectivity index is 1.90. The first-order chi connectivity index (χ1) is 11.0. The lowest BCUT2D eigenvalue weighted by molar-refractivity contribution is -0.137. The smallest absolute Gasteiger partial charge is 0.416 e. The highest BCUT2D eigenvalue weighted by molar-refractivity contribution is 5.33. The van der Waals surface area contributed by atoms with Crippen LogP contribution >= 0.6 is 0 Å². The van der Waals surface area contributed by atoms with Crippen molar-refractivity contribution in [3.8, 4) is 5.75 Å². The average molecular weight is 325 g/mol. The van der Waals surface area contributed by atoms with Crippen LogP contribution in [0.4, 0.5) is 13.2 Å². The van der Waals surface area contributed by atoms with Crippen LogP contribution in [-0.2, 0) is 19.3 Å². The molecule has 3 nitrogen and oxygen atoms in total. The molecule has 0 amide bonds. The summed E-state index contributed by atoms with van der Waals surface area (Å²) in [6, 6.07) is 12.5. The summed E-state index contributed by atoms with van der Waals surface area (Å²) in [6.07, 6.45) is -4.31. The number of benzene rings is 2. The second-order valence-corrected chi connectivity index (χ2v) is 4.98. The van der Waals surface area contributed by atoms with Crippen molar-refractivity contribution in [3.63, 3.8) is 0 Å². The van der Waals surface area contributed by atoms with Crippen LogP contribution in [0.3, 0.4) is 0 Å². The minimum Gasteiger partial charge on any atom is -0.491 e. The predicted octanol–water partition coefficient (Wildman–Crippen LogP) is 3.37. The fourth-order valence-electron chi connectivity index (χ4n) is 2.10. The van der Waals surface area contributed by atoms with Gasteiger partial charge in [0.15, 0.2) is 0 Å². The third-order valence-corrected chi connectivity index (χ3v) is 3.25. The van der Waals surface area contributed by atoms with Gasteiger partial charge in [0.1, 0.15) is 12.4 Å². The third kappa shape index (κ3) is 5.26. The maximum atomic E-state index is 12.5. The second kappa shape index (κ2) is 7.99. The number of nitrogens with one attached hydrogen (secondary N) is 1. The molecule has 0 fully saturated rings. The van der Waals surface area contributed by atoms with Gasteiger partial charge >= 0.3 is 6.18 Å². The molecule has 2 aromatic rings. The van der Waals surface area contributed by atoms with Crippen LogP contribution in [0.1, 0.15) is 16.7 Å². The van der Waals surface area contributed by atoms with E-state index in [2.05, 4.69) is 5.32 Å². The topological polar surface area (TPSA) is 41.5 Å². The summed E-state index contributed by atoms with van der Waals surface area (Å²) in [4.78, 5) is 0. The average Bonchev–Trinajstić information content (AvgIpc) is 2.53. The van der Waals surface area contributed by atoms with Crippen LogP contribution in [0, 0.1) is 0 Å². The summed E-state index contributed by atoms with van der Waals surface area (Å²) < 4.78 is 42.9. The Bertz CT molecular complexity index is 612. The van der Waals surface area contributed by atoms with Gasteiger partial charge in [-0.2, -0.15) is 13.2 Å². The van der Waals surface area contributed by atoms with Crippen LogP contribution in [0.5, 0.6) is 5.75 Å². The molecule has 0 aliphatic heterocycles. The zero-order chi connectivity index (χ0) is 16.7. The fourth-order valence-corrected chi connectivity index (χ4v) is 2.10. The lowest BCUT2D eigenvalue weighted by Gasteiger charge is -2.12. The summed E-state index contributed by atoms with van der Waals surface area (Å²) in [7, 11) is 0. The zero-order valence-corrected chi connectivity index (χ0v) is 12.4. The number of hydrogen-bond donors (Lipinski definition) is 2. The van der Waals surface area contributed by atoms with Gasteiger partial charge < -0.3 is 15.2 Å². The van der Waals surface area contributed by atoms with Crippen LogP contribution < -0.4 is 10.1 Å². The molecule has 0 bridgehead atoms. The first-order valence-corrected chi connectivity index (χ1v) is 7.19. The molecule has 23 heavy (non-hydrogen) atoms. The Kier molecular flexibility index (Phi) is 6.01. The van der Waals surface area contributed by atoms with Crippen molar-refractivity contribution in [1.82, 2.24) is 5.32 Å². The number of alkyl halides is 3. The van der Waals surface area contributed by atoms with Gasteiger partial charge in [0.25, 0.3) is 0 Å². The second-order valence-electron chi connectivity index (χ2n) is 4.98. The van der Waals surface area contributed by atoms with Crippen LogP contribution in [0.15, 0.2) is 48.5 Å². The number of aliphatic hydroxyl groups excluding tert-OH is 1. The first-order valence-electron chi connectivity index (χ1n) is 7.19. The van der Waals surface area contributed by atoms with Gasteiger partial charge in [-0.15, -0.1) is 0 Å². The van der Waals surface area contributed by atoms with Crippen molar-refractivity contribution in [1.29, 1.82) is 0 Å². The maximum Gasteiger partial charge on any atom is 0.416 e. The minimum absolute atomic E-state index is 0.0622. The van der Waals surface area contributed by atoms with E-state index in [1.807, 2.05) is 24.3 Å². The van der Waals surface area contributed by atoms with Crippen molar-refractivity contribution in [3.05, 3.63) is 65.2 Å². The van der Waals surface area contributed by atoms with Crippen LogP contribution in [-0.4, -0.2) is 18.3 Å². The number of halogens is 3. The van der Waals surface area contributed by atoms with E-state index in [0.717, 1.165) is 23.3 Å². The molecular weight excluding hydrogens is 307 g/mol. The summed E-state index contributed by atoms with van der Waals surface area (Å²) >= 11 is 0. The molecule has 2 aromatic carbocycles. The summed E-state index contributed by atoms with van der Waals surface area (Å²) in [5.74, 6) is 0.682. The van der Waals surface area contributed by atoms with E-state index in [-0.39, 0.29) is 13.2 Å². The maximum absolute atomic E-state index is 12.5. The number of hydrogen-bond acceptors (Lipinski definition) is 3. The molecule has 0 aliphatic carbocycles. The van der Waals surface area contributed by atoms with Crippen LogP contribution in [0.25, 0.3) is 0 Å². The van der Waals surface area contributed by atoms with E-state index in [1.54, 1.807) is 0 Å². The van der Waals surface area contributed by atoms with E-state index >= 15 is 0 Å². The Hall–Kier alpha value is -2.05. The van der Waals surface area contributed by atoms with Gasteiger partial charge in [-0.05, 0) is 23.8 Å². The molecule has 2 N–H and O–H groups in total. The predicted molar refractivity (Wildman–Crippen MR) is 81.0 cm³/mol. The van der Waals surface area contributed by atoms with Gasteiger partial charge in [-0.1, -0.05) is 30.3 Å². The molecule has 0 saturated heterocycles. The first kappa shape index (κ1) is 17.3. The van der Waals surface area contributed by atoms with Crippen molar-refractivity contribution in [2.75, 3.05) is 13.2 Å². The molecule has 0 radical (unpaired) electrons. The standard InChI is InChI=1S/C17H18F3NO2/c18-17(19,20)15-7-5-13(6-8-15)11-21-12-14-3-1-2-4-16(14)23-10-9-22/h1-8,21-22H,9-12H2. The van der Waals surface area contributed by atoms with Gasteiger partial charge in [0.05, 0.1) is 12.2 Å². The van der Waals surface area contributed by atoms with Gasteiger partial charge in [0, 0.05) is 18.7 Å². The van der Waals surface area contributed by atoms with Crippen molar-refractivity contribution < 1.29 is 23.0 Å². The highest BCUT2D eigenvalue weighted by Crippen LogP contribution is 2.29. The van der Waals surface area contributed by atoms with Gasteiger partial charge in [-0.25, -0.2) is 0 Å². The molecule has 2 rings (SSSR count). The number of rotatable bonds is 7. The normalized spacial score (nSPS) is 11.5. The molecule has 0 aromatic heterocycles. The van der Waals surface area contributed by atoms with E-state index < -0.39 is 11.7 Å². The Morgan fingerprint density at radius 1 is 0.957 bits per heavy atom. The third-order valence-electron chi connectivity index (χ3n) is 3.25. The molecule has 0 atom stereocenters. The number of aliphatic hydroxyl groups is 1. The van der Waals surface area contributed by atoms with Gasteiger partial charge in [-0.3, -0.25) is 0 Å². The summed E-state index contributed by atoms with van der Waals surface area (Å²) in [6.45, 7) is 1.12. The van der Waals surface area contributed by atoms with Crippen molar-refractivity contribution >= 4 is 0 Å². The lowest BCUT2D eigenvalue weighted by Crippen LogP contribution is -2.14. The van der Waals surface area contributed by atoms with E-state index in [0.29, 0.717) is 18.8 Å². The minimum atomic E-state index is -4.31. The monoisotopic (exact) mass is 325 g/mol. The quantitative estimate of drug-likeness (QED) is 0.820. The highest BCUT2D eigenvalue weighted by Gasteiger charge is 2.29. The van der Waals surface area contributed by atoms with Gasteiger partial charge in [0.2, 0.25) is 0 Å². The SMILES string of the molecule is OCCOc1ccccc1CNCc1ccc(C(F)(F)F)cc1. The fraction of sp³-hybridized carbons (Fsp3) is 0.294. The molecular formula is C17H18F3NO2. The zero-order valence-electron chi connectivity index (χ0n) is 12.4. The highest BCUT2D eigenvalue weighted by atomic mass is 19.4. The van der Waals surface area contributed by atoms with Crippen LogP contribution in [0.2, 0.25) is 0 Å². The molecule has 0 saturated carbocycles. The van der Waals surface area contributed by atoms with Crippen molar-refractivity contribution in [2.45, 2.75) is 19.3 Å². The molecule has 0 aliphatic rings. The number of ether oxygens (including phenoxy) is 1. The molecule has 0 unspecified atom stereocenters. The van der Waals surface area contributed by atoms with E-state index in [1.165, 1.54) is 12.1 Å². The van der Waals surface area contributed by atoms with E-state index in [9.17, 15) is 13.2 Å².